The molecule has 2 nitrogen and oxygen atoms in total. The average molecular weight is 330 g/mol. The number of hydrogen-bond donors (Lipinski definition) is 1. The first-order valence-corrected chi connectivity index (χ1v) is 7.22. The van der Waals surface area contributed by atoms with Crippen LogP contribution in [0.5, 0.6) is 0 Å². The Kier molecular flexibility index (Phi) is 5.95. The van der Waals surface area contributed by atoms with Gasteiger partial charge in [0, 0.05) is 17.3 Å². The van der Waals surface area contributed by atoms with Crippen LogP contribution in [0.25, 0.3) is 0 Å². The van der Waals surface area contributed by atoms with E-state index in [9.17, 15) is 18.0 Å². The quantitative estimate of drug-likeness (QED) is 0.784. The smallest absolute Gasteiger partial charge is 0.356 e. The first kappa shape index (κ1) is 15.8. The van der Waals surface area contributed by atoms with Gasteiger partial charge in [-0.25, -0.2) is 0 Å². The summed E-state index contributed by atoms with van der Waals surface area (Å²) in [6.45, 7) is 2.36. The standard InChI is InChI=1S/C12H19BrF3NO/c1-8(13)6-7-17-11(18)9-4-2-3-5-10(9)12(14,15)16/h8-10H,2-7H2,1H3,(H,17,18). The largest absolute Gasteiger partial charge is 0.392 e. The molecule has 1 N–H and O–H groups in total. The van der Waals surface area contributed by atoms with E-state index in [4.69, 9.17) is 0 Å². The lowest BCUT2D eigenvalue weighted by atomic mass is 9.78. The van der Waals surface area contributed by atoms with Gasteiger partial charge in [0.2, 0.25) is 5.91 Å². The zero-order valence-electron chi connectivity index (χ0n) is 10.4. The molecule has 1 rings (SSSR count). The lowest BCUT2D eigenvalue weighted by molar-refractivity contribution is -0.198. The minimum absolute atomic E-state index is 0.0798. The van der Waals surface area contributed by atoms with Gasteiger partial charge in [-0.05, 0) is 19.3 Å². The SMILES string of the molecule is CC(Br)CCNC(=O)C1CCCCC1C(F)(F)F. The minimum Gasteiger partial charge on any atom is -0.356 e. The molecule has 0 bridgehead atoms. The number of carbonyl (C=O) groups excluding carboxylic acids is 1. The van der Waals surface area contributed by atoms with E-state index in [1.165, 1.54) is 0 Å². The molecule has 1 saturated carbocycles. The number of amides is 1. The molecule has 0 aromatic carbocycles. The van der Waals surface area contributed by atoms with E-state index in [0.717, 1.165) is 6.42 Å². The highest BCUT2D eigenvalue weighted by Crippen LogP contribution is 2.41. The molecule has 3 unspecified atom stereocenters. The summed E-state index contributed by atoms with van der Waals surface area (Å²) in [5.41, 5.74) is 0. The lowest BCUT2D eigenvalue weighted by Crippen LogP contribution is -2.43. The van der Waals surface area contributed by atoms with Crippen molar-refractivity contribution in [3.8, 4) is 0 Å². The number of halogens is 4. The topological polar surface area (TPSA) is 29.1 Å². The summed E-state index contributed by atoms with van der Waals surface area (Å²) in [6, 6.07) is 0. The number of carbonyl (C=O) groups is 1. The minimum atomic E-state index is -4.26. The zero-order valence-corrected chi connectivity index (χ0v) is 12.0. The van der Waals surface area contributed by atoms with E-state index >= 15 is 0 Å². The van der Waals surface area contributed by atoms with E-state index in [1.807, 2.05) is 6.92 Å². The lowest BCUT2D eigenvalue weighted by Gasteiger charge is -2.32. The maximum absolute atomic E-state index is 12.8. The zero-order chi connectivity index (χ0) is 13.8. The summed E-state index contributed by atoms with van der Waals surface area (Å²) in [4.78, 5) is 12.1. The fourth-order valence-corrected chi connectivity index (χ4v) is 2.59. The maximum Gasteiger partial charge on any atom is 0.392 e. The Morgan fingerprint density at radius 1 is 1.39 bits per heavy atom. The Morgan fingerprint density at radius 3 is 2.56 bits per heavy atom. The predicted octanol–water partition coefficient (Wildman–Crippen LogP) is 3.64. The molecule has 0 radical (unpaired) electrons. The molecule has 6 heteroatoms. The number of rotatable bonds is 4. The highest BCUT2D eigenvalue weighted by Gasteiger charge is 2.47. The fourth-order valence-electron chi connectivity index (χ4n) is 2.36. The van der Waals surface area contributed by atoms with Crippen molar-refractivity contribution in [3.63, 3.8) is 0 Å². The molecule has 1 aliphatic carbocycles. The molecule has 0 aliphatic heterocycles. The number of alkyl halides is 4. The Labute approximate surface area is 114 Å². The second kappa shape index (κ2) is 6.78. The van der Waals surface area contributed by atoms with Gasteiger partial charge < -0.3 is 5.32 Å². The molecule has 0 aromatic heterocycles. The molecule has 1 aliphatic rings. The summed E-state index contributed by atoms with van der Waals surface area (Å²) in [6.07, 6.45) is -1.84. The van der Waals surface area contributed by atoms with Gasteiger partial charge in [0.25, 0.3) is 0 Å². The summed E-state index contributed by atoms with van der Waals surface area (Å²) < 4.78 is 38.4. The summed E-state index contributed by atoms with van der Waals surface area (Å²) in [7, 11) is 0. The molecule has 18 heavy (non-hydrogen) atoms. The van der Waals surface area contributed by atoms with Crippen molar-refractivity contribution < 1.29 is 18.0 Å². The van der Waals surface area contributed by atoms with Crippen molar-refractivity contribution in [1.29, 1.82) is 0 Å². The van der Waals surface area contributed by atoms with Crippen LogP contribution in [0, 0.1) is 11.8 Å². The molecule has 0 saturated heterocycles. The molecule has 3 atom stereocenters. The van der Waals surface area contributed by atoms with Crippen molar-refractivity contribution in [3.05, 3.63) is 0 Å². The van der Waals surface area contributed by atoms with E-state index in [1.54, 1.807) is 0 Å². The Bertz CT molecular complexity index is 281. The van der Waals surface area contributed by atoms with Gasteiger partial charge in [-0.2, -0.15) is 13.2 Å². The molecule has 106 valence electrons. The van der Waals surface area contributed by atoms with Crippen LogP contribution in [0.15, 0.2) is 0 Å². The second-order valence-electron chi connectivity index (χ2n) is 4.90. The third-order valence-electron chi connectivity index (χ3n) is 3.36. The number of hydrogen-bond acceptors (Lipinski definition) is 1. The fraction of sp³-hybridized carbons (Fsp3) is 0.917. The van der Waals surface area contributed by atoms with E-state index in [2.05, 4.69) is 21.2 Å². The van der Waals surface area contributed by atoms with Gasteiger partial charge >= 0.3 is 6.18 Å². The van der Waals surface area contributed by atoms with Crippen molar-refractivity contribution in [2.45, 2.75) is 50.0 Å². The third-order valence-corrected chi connectivity index (χ3v) is 3.82. The van der Waals surface area contributed by atoms with Crippen molar-refractivity contribution in [1.82, 2.24) is 5.32 Å². The van der Waals surface area contributed by atoms with Gasteiger partial charge in [0.05, 0.1) is 5.92 Å². The first-order valence-electron chi connectivity index (χ1n) is 6.31. The van der Waals surface area contributed by atoms with Gasteiger partial charge in [-0.3, -0.25) is 4.79 Å². The van der Waals surface area contributed by atoms with Crippen molar-refractivity contribution >= 4 is 21.8 Å². The monoisotopic (exact) mass is 329 g/mol. The number of nitrogens with one attached hydrogen (secondary N) is 1. The van der Waals surface area contributed by atoms with Crippen molar-refractivity contribution in [2.75, 3.05) is 6.54 Å². The molecule has 1 amide bonds. The van der Waals surface area contributed by atoms with Crippen LogP contribution >= 0.6 is 15.9 Å². The van der Waals surface area contributed by atoms with Crippen LogP contribution < -0.4 is 5.32 Å². The van der Waals surface area contributed by atoms with E-state index in [-0.39, 0.29) is 11.2 Å². The molecule has 0 aromatic rings. The van der Waals surface area contributed by atoms with Crippen molar-refractivity contribution in [2.24, 2.45) is 11.8 Å². The Hall–Kier alpha value is -0.260. The van der Waals surface area contributed by atoms with Gasteiger partial charge in [0.15, 0.2) is 0 Å². The third kappa shape index (κ3) is 4.78. The summed E-state index contributed by atoms with van der Waals surface area (Å²) >= 11 is 3.33. The van der Waals surface area contributed by atoms with Crippen LogP contribution in [0.3, 0.4) is 0 Å². The molecule has 0 spiro atoms. The first-order chi connectivity index (χ1) is 8.32. The van der Waals surface area contributed by atoms with Gasteiger partial charge in [0.1, 0.15) is 0 Å². The highest BCUT2D eigenvalue weighted by molar-refractivity contribution is 9.09. The molecular formula is C12H19BrF3NO. The van der Waals surface area contributed by atoms with Crippen LogP contribution in [-0.4, -0.2) is 23.5 Å². The summed E-state index contributed by atoms with van der Waals surface area (Å²) in [5, 5.41) is 2.62. The highest BCUT2D eigenvalue weighted by atomic mass is 79.9. The molecular weight excluding hydrogens is 311 g/mol. The van der Waals surface area contributed by atoms with Gasteiger partial charge in [-0.1, -0.05) is 35.7 Å². The van der Waals surface area contributed by atoms with Crippen LogP contribution in [-0.2, 0) is 4.79 Å². The van der Waals surface area contributed by atoms with Crippen LogP contribution in [0.2, 0.25) is 0 Å². The van der Waals surface area contributed by atoms with E-state index in [0.29, 0.717) is 25.8 Å². The average Bonchev–Trinajstić information content (AvgIpc) is 2.27. The molecule has 0 heterocycles. The Balaban J connectivity index is 2.52. The van der Waals surface area contributed by atoms with Crippen LogP contribution in [0.4, 0.5) is 13.2 Å². The molecule has 1 fully saturated rings. The Morgan fingerprint density at radius 2 is 2.00 bits per heavy atom. The second-order valence-corrected chi connectivity index (χ2v) is 6.46. The maximum atomic E-state index is 12.8. The predicted molar refractivity (Wildman–Crippen MR) is 67.5 cm³/mol. The summed E-state index contributed by atoms with van der Waals surface area (Å²) in [5.74, 6) is -2.80. The van der Waals surface area contributed by atoms with Crippen LogP contribution in [0.1, 0.15) is 39.0 Å². The van der Waals surface area contributed by atoms with E-state index < -0.39 is 23.9 Å². The normalized spacial score (nSPS) is 26.7. The van der Waals surface area contributed by atoms with Gasteiger partial charge in [-0.15, -0.1) is 0 Å².